The minimum Gasteiger partial charge on any atom is -0.309 e. The van der Waals surface area contributed by atoms with E-state index in [9.17, 15) is 8.22 Å². The van der Waals surface area contributed by atoms with E-state index < -0.39 is 95.7 Å². The molecule has 6 aromatic carbocycles. The molecule has 2 aromatic heterocycles. The first-order chi connectivity index (χ1) is 25.1. The van der Waals surface area contributed by atoms with Crippen molar-refractivity contribution in [1.29, 1.82) is 0 Å². The lowest BCUT2D eigenvalue weighted by Gasteiger charge is -2.09. The first-order valence-corrected chi connectivity index (χ1v) is 11.8. The van der Waals surface area contributed by atoms with Gasteiger partial charge in [0.1, 0.15) is 0 Å². The Kier molecular flexibility index (Phi) is 2.41. The average Bonchev–Trinajstić information content (AvgIpc) is 3.70. The van der Waals surface area contributed by atoms with Crippen LogP contribution in [0, 0.1) is 0 Å². The SMILES string of the molecule is [2H]c1ccc(-n2c3c([2H])c([2H])c([2H])c([2H])c3c3c([2H])c(-c4c([2H])c([2H])c5c(c4[2H])c4c([2H])c([2H])c([2H])c([2H])c4n5-c4ccccc4)c([2H])c([2H])c32)cc1. The maximum absolute atomic E-state index is 9.56. The molecule has 8 rings (SSSR count). The Hall–Kier alpha value is -5.08. The number of para-hydroxylation sites is 4. The van der Waals surface area contributed by atoms with Gasteiger partial charge in [0.05, 0.1) is 42.6 Å². The molecule has 38 heavy (non-hydrogen) atoms. The Morgan fingerprint density at radius 1 is 0.395 bits per heavy atom. The number of hydrogen-bond donors (Lipinski definition) is 0. The number of hydrogen-bond acceptors (Lipinski definition) is 0. The molecule has 0 aliphatic carbocycles. The molecule has 2 nitrogen and oxygen atoms in total. The normalized spacial score (nSPS) is 17.2. The average molecular weight is 500 g/mol. The molecule has 0 radical (unpaired) electrons. The number of fused-ring (bicyclic) bond motifs is 6. The smallest absolute Gasteiger partial charge is 0.0645 e. The lowest BCUT2D eigenvalue weighted by atomic mass is 10.0. The zero-order chi connectivity index (χ0) is 38.1. The van der Waals surface area contributed by atoms with Crippen LogP contribution in [0.5, 0.6) is 0 Å². The van der Waals surface area contributed by atoms with Crippen molar-refractivity contribution in [2.24, 2.45) is 0 Å². The maximum atomic E-state index is 9.56. The Balaban J connectivity index is 1.61. The summed E-state index contributed by atoms with van der Waals surface area (Å²) >= 11 is 0. The molecule has 2 heteroatoms. The molecule has 8 aromatic rings. The standard InChI is InChI=1S/C36H24N2/c1-3-11-27(12-4-1)37-33-17-9-7-15-29(33)31-23-25(19-21-35(31)37)26-20-22-36-32(24-26)30-16-8-10-18-34(30)38(36)28-13-5-2-6-14-28/h1-24H/i1D,7D,8D,9D,10D,15D,16D,17D,18D,19D,20D,21D,22D,23D,24D. The van der Waals surface area contributed by atoms with Gasteiger partial charge in [-0.1, -0.05) is 84.7 Å². The molecule has 0 spiro atoms. The summed E-state index contributed by atoms with van der Waals surface area (Å²) in [5.41, 5.74) is -0.453. The summed E-state index contributed by atoms with van der Waals surface area (Å²) in [7, 11) is 0. The van der Waals surface area contributed by atoms with Gasteiger partial charge in [-0.05, 0) is 71.6 Å². The van der Waals surface area contributed by atoms with E-state index in [4.69, 9.17) is 12.3 Å². The van der Waals surface area contributed by atoms with Crippen molar-refractivity contribution in [1.82, 2.24) is 9.13 Å². The van der Waals surface area contributed by atoms with Gasteiger partial charge in [-0.15, -0.1) is 0 Å². The quantitative estimate of drug-likeness (QED) is 0.229. The van der Waals surface area contributed by atoms with Crippen LogP contribution in [0.15, 0.2) is 145 Å². The molecule has 0 amide bonds. The Morgan fingerprint density at radius 2 is 0.842 bits per heavy atom. The molecule has 178 valence electrons. The van der Waals surface area contributed by atoms with Gasteiger partial charge in [0, 0.05) is 32.9 Å². The minimum atomic E-state index is -0.631. The van der Waals surface area contributed by atoms with Gasteiger partial charge in [-0.2, -0.15) is 0 Å². The highest BCUT2D eigenvalue weighted by atomic mass is 15.0. The molecule has 2 heterocycles. The van der Waals surface area contributed by atoms with Crippen molar-refractivity contribution in [3.63, 3.8) is 0 Å². The van der Waals surface area contributed by atoms with E-state index in [1.807, 2.05) is 0 Å². The van der Waals surface area contributed by atoms with Crippen LogP contribution in [0.3, 0.4) is 0 Å². The summed E-state index contributed by atoms with van der Waals surface area (Å²) < 4.78 is 136. The van der Waals surface area contributed by atoms with Gasteiger partial charge in [-0.25, -0.2) is 0 Å². The van der Waals surface area contributed by atoms with E-state index in [-0.39, 0.29) is 49.7 Å². The fourth-order valence-electron chi connectivity index (χ4n) is 4.90. The fourth-order valence-corrected chi connectivity index (χ4v) is 4.90. The highest BCUT2D eigenvalue weighted by Crippen LogP contribution is 2.38. The number of nitrogens with zero attached hydrogens (tertiary/aromatic N) is 2. The van der Waals surface area contributed by atoms with E-state index in [0.29, 0.717) is 11.4 Å². The monoisotopic (exact) mass is 499 g/mol. The lowest BCUT2D eigenvalue weighted by Crippen LogP contribution is -1.93. The highest BCUT2D eigenvalue weighted by molar-refractivity contribution is 6.12. The summed E-state index contributed by atoms with van der Waals surface area (Å²) in [6, 6.07) is 6.90. The third-order valence-electron chi connectivity index (χ3n) is 6.54. The predicted octanol–water partition coefficient (Wildman–Crippen LogP) is 9.55. The van der Waals surface area contributed by atoms with E-state index in [1.165, 1.54) is 33.4 Å². The molecule has 0 aliphatic heterocycles. The molecule has 0 aliphatic rings. The summed E-state index contributed by atoms with van der Waals surface area (Å²) in [6.45, 7) is 0. The van der Waals surface area contributed by atoms with Gasteiger partial charge >= 0.3 is 0 Å². The predicted molar refractivity (Wildman–Crippen MR) is 161 cm³/mol. The molecule has 0 atom stereocenters. The van der Waals surface area contributed by atoms with Crippen LogP contribution in [0.4, 0.5) is 0 Å². The molecule has 0 fully saturated rings. The van der Waals surface area contributed by atoms with Crippen molar-refractivity contribution < 1.29 is 20.6 Å². The van der Waals surface area contributed by atoms with Gasteiger partial charge in [-0.3, -0.25) is 0 Å². The van der Waals surface area contributed by atoms with Gasteiger partial charge in [0.2, 0.25) is 0 Å². The van der Waals surface area contributed by atoms with Crippen LogP contribution < -0.4 is 0 Å². The topological polar surface area (TPSA) is 9.86 Å². The molecule has 0 saturated heterocycles. The largest absolute Gasteiger partial charge is 0.309 e. The van der Waals surface area contributed by atoms with Gasteiger partial charge in [0.15, 0.2) is 0 Å². The van der Waals surface area contributed by atoms with Crippen LogP contribution in [-0.4, -0.2) is 9.13 Å². The van der Waals surface area contributed by atoms with Gasteiger partial charge < -0.3 is 9.13 Å². The maximum Gasteiger partial charge on any atom is 0.0645 e. The summed E-state index contributed by atoms with van der Waals surface area (Å²) in [5.74, 6) is 0. The molecular weight excluding hydrogens is 460 g/mol. The first kappa shape index (κ1) is 11.1. The Bertz CT molecular complexity index is 2930. The van der Waals surface area contributed by atoms with E-state index in [2.05, 4.69) is 0 Å². The lowest BCUT2D eigenvalue weighted by molar-refractivity contribution is 1.18. The van der Waals surface area contributed by atoms with E-state index in [1.54, 1.807) is 30.3 Å². The Morgan fingerprint density at radius 3 is 1.37 bits per heavy atom. The van der Waals surface area contributed by atoms with Crippen molar-refractivity contribution in [2.75, 3.05) is 0 Å². The third kappa shape index (κ3) is 3.07. The van der Waals surface area contributed by atoms with E-state index in [0.717, 1.165) is 0 Å². The molecule has 0 N–H and O–H groups in total. The van der Waals surface area contributed by atoms with Crippen molar-refractivity contribution in [2.45, 2.75) is 0 Å². The molecule has 0 saturated carbocycles. The van der Waals surface area contributed by atoms with Crippen molar-refractivity contribution in [3.8, 4) is 22.5 Å². The molecule has 0 unspecified atom stereocenters. The molecule has 0 bridgehead atoms. The van der Waals surface area contributed by atoms with Crippen LogP contribution in [0.25, 0.3) is 66.1 Å². The summed E-state index contributed by atoms with van der Waals surface area (Å²) in [4.78, 5) is 0. The number of rotatable bonds is 3. The van der Waals surface area contributed by atoms with Crippen LogP contribution in [-0.2, 0) is 0 Å². The van der Waals surface area contributed by atoms with Crippen molar-refractivity contribution in [3.05, 3.63) is 145 Å². The minimum absolute atomic E-state index is 0.0395. The first-order valence-electron chi connectivity index (χ1n) is 19.3. The van der Waals surface area contributed by atoms with Gasteiger partial charge in [0.25, 0.3) is 0 Å². The summed E-state index contributed by atoms with van der Waals surface area (Å²) in [6.07, 6.45) is 0. The number of aromatic nitrogens is 2. The van der Waals surface area contributed by atoms with E-state index >= 15 is 0 Å². The fraction of sp³-hybridized carbons (Fsp3) is 0. The second-order valence-electron chi connectivity index (χ2n) is 8.66. The van der Waals surface area contributed by atoms with Crippen LogP contribution in [0.2, 0.25) is 0 Å². The van der Waals surface area contributed by atoms with Crippen LogP contribution >= 0.6 is 0 Å². The second-order valence-corrected chi connectivity index (χ2v) is 8.66. The molecular formula is C36H24N2. The summed E-state index contributed by atoms with van der Waals surface area (Å²) in [5, 5.41) is -0.529. The van der Waals surface area contributed by atoms with Crippen molar-refractivity contribution >= 4 is 43.6 Å². The van der Waals surface area contributed by atoms with Crippen LogP contribution in [0.1, 0.15) is 20.6 Å². The third-order valence-corrected chi connectivity index (χ3v) is 6.54. The highest BCUT2D eigenvalue weighted by Gasteiger charge is 2.15. The second kappa shape index (κ2) is 8.22. The Labute approximate surface area is 241 Å². The zero-order valence-corrected chi connectivity index (χ0v) is 19.6. The zero-order valence-electron chi connectivity index (χ0n) is 34.6. The number of benzene rings is 6.